The summed E-state index contributed by atoms with van der Waals surface area (Å²) in [7, 11) is 0. The molecule has 0 aliphatic rings. The molecule has 0 aliphatic heterocycles. The number of unbranched alkanes of at least 4 members (excludes halogenated alkanes) is 2. The average molecular weight is 634 g/mol. The Morgan fingerprint density at radius 1 is 0.609 bits per heavy atom. The third kappa shape index (κ3) is 6.91. The lowest BCUT2D eigenvalue weighted by molar-refractivity contribution is -0.187. The maximum atomic E-state index is 15.2. The Bertz CT molecular complexity index is 1910. The van der Waals surface area contributed by atoms with Gasteiger partial charge in [-0.15, -0.1) is 0 Å². The molecule has 0 spiro atoms. The molecule has 0 fully saturated rings. The van der Waals surface area contributed by atoms with Gasteiger partial charge in [-0.2, -0.15) is 14.0 Å². The van der Waals surface area contributed by atoms with E-state index in [4.69, 9.17) is 10.00 Å². The summed E-state index contributed by atoms with van der Waals surface area (Å²) >= 11 is 0. The van der Waals surface area contributed by atoms with Crippen LogP contribution in [0.2, 0.25) is 0 Å². The molecule has 46 heavy (non-hydrogen) atoms. The smallest absolute Gasteiger partial charge is 0.429 e. The molecule has 0 aromatic heterocycles. The van der Waals surface area contributed by atoms with Crippen LogP contribution in [0.5, 0.6) is 5.75 Å². The highest BCUT2D eigenvalue weighted by Gasteiger charge is 2.37. The molecule has 0 unspecified atom stereocenters. The van der Waals surface area contributed by atoms with Crippen LogP contribution in [-0.4, -0.2) is 0 Å². The molecule has 0 saturated heterocycles. The fraction of sp³-hybridized carbons (Fsp3) is 0.162. The van der Waals surface area contributed by atoms with Gasteiger partial charge in [0.2, 0.25) is 0 Å². The van der Waals surface area contributed by atoms with E-state index in [0.29, 0.717) is 23.1 Å². The standard InChI is InChI=1S/C37H26F7NO/c1-2-3-4-5-22-6-15-31(36(42)16-22)37(43,44)46-27-11-7-23(8-12-27)24-9-13-28(32(38)17-24)25-10-14-29(33(39)18-25)26-19-34(40)30(21-45)35(41)20-26/h6-20H,2-5H2,1H3. The van der Waals surface area contributed by atoms with E-state index in [0.717, 1.165) is 49.6 Å². The van der Waals surface area contributed by atoms with Crippen molar-refractivity contribution in [3.63, 3.8) is 0 Å². The zero-order valence-electron chi connectivity index (χ0n) is 24.5. The SMILES string of the molecule is CCCCCc1ccc(C(F)(F)Oc2ccc(-c3ccc(-c4ccc(-c5cc(F)c(C#N)c(F)c5)c(F)c4)c(F)c3)cc2)c(F)c1. The Labute approximate surface area is 261 Å². The second kappa shape index (κ2) is 13.5. The predicted molar refractivity (Wildman–Crippen MR) is 161 cm³/mol. The first-order valence-electron chi connectivity index (χ1n) is 14.5. The number of benzene rings is 5. The highest BCUT2D eigenvalue weighted by atomic mass is 19.3. The second-order valence-electron chi connectivity index (χ2n) is 10.7. The number of hydrogen-bond acceptors (Lipinski definition) is 2. The third-order valence-electron chi connectivity index (χ3n) is 7.56. The van der Waals surface area contributed by atoms with Crippen molar-refractivity contribution in [3.05, 3.63) is 137 Å². The molecule has 5 aromatic carbocycles. The van der Waals surface area contributed by atoms with Gasteiger partial charge in [0, 0.05) is 11.1 Å². The largest absolute Gasteiger partial charge is 0.429 e. The number of nitriles is 1. The number of hydrogen-bond donors (Lipinski definition) is 0. The van der Waals surface area contributed by atoms with E-state index in [1.807, 2.05) is 6.92 Å². The predicted octanol–water partition coefficient (Wildman–Crippen LogP) is 11.1. The molecule has 0 N–H and O–H groups in total. The number of halogens is 7. The molecule has 0 atom stereocenters. The first kappa shape index (κ1) is 32.3. The molecule has 5 rings (SSSR count). The summed E-state index contributed by atoms with van der Waals surface area (Å²) in [4.78, 5) is 0. The molecule has 5 aromatic rings. The first-order valence-corrected chi connectivity index (χ1v) is 14.5. The Morgan fingerprint density at radius 3 is 1.76 bits per heavy atom. The van der Waals surface area contributed by atoms with Crippen molar-refractivity contribution in [2.75, 3.05) is 0 Å². The van der Waals surface area contributed by atoms with Crippen molar-refractivity contribution in [1.82, 2.24) is 0 Å². The normalized spacial score (nSPS) is 11.4. The van der Waals surface area contributed by atoms with Gasteiger partial charge in [0.05, 0.1) is 5.56 Å². The molecule has 0 radical (unpaired) electrons. The van der Waals surface area contributed by atoms with E-state index < -0.39 is 46.3 Å². The number of alkyl halides is 2. The maximum absolute atomic E-state index is 15.2. The topological polar surface area (TPSA) is 33.0 Å². The number of rotatable bonds is 10. The number of aryl methyl sites for hydroxylation is 1. The maximum Gasteiger partial charge on any atom is 0.429 e. The lowest BCUT2D eigenvalue weighted by Crippen LogP contribution is -2.23. The number of ether oxygens (including phenoxy) is 1. The summed E-state index contributed by atoms with van der Waals surface area (Å²) < 4.78 is 107. The quantitative estimate of drug-likeness (QED) is 0.113. The minimum atomic E-state index is -3.94. The lowest BCUT2D eigenvalue weighted by Gasteiger charge is -2.19. The van der Waals surface area contributed by atoms with Gasteiger partial charge < -0.3 is 4.74 Å². The summed E-state index contributed by atoms with van der Waals surface area (Å²) in [5.41, 5.74) is -0.229. The van der Waals surface area contributed by atoms with E-state index in [9.17, 15) is 26.3 Å². The van der Waals surface area contributed by atoms with Gasteiger partial charge in [0.1, 0.15) is 46.5 Å². The van der Waals surface area contributed by atoms with E-state index in [2.05, 4.69) is 0 Å². The molecule has 2 nitrogen and oxygen atoms in total. The minimum absolute atomic E-state index is 0.0457. The average Bonchev–Trinajstić information content (AvgIpc) is 3.01. The van der Waals surface area contributed by atoms with Crippen molar-refractivity contribution in [3.8, 4) is 45.2 Å². The van der Waals surface area contributed by atoms with Crippen LogP contribution in [0.3, 0.4) is 0 Å². The molecule has 0 heterocycles. The number of nitrogens with zero attached hydrogens (tertiary/aromatic N) is 1. The van der Waals surface area contributed by atoms with E-state index >= 15 is 4.39 Å². The van der Waals surface area contributed by atoms with Crippen LogP contribution in [0.4, 0.5) is 30.7 Å². The van der Waals surface area contributed by atoms with Gasteiger partial charge >= 0.3 is 6.11 Å². The van der Waals surface area contributed by atoms with Gasteiger partial charge in [0.25, 0.3) is 0 Å². The third-order valence-corrected chi connectivity index (χ3v) is 7.56. The van der Waals surface area contributed by atoms with E-state index in [1.165, 1.54) is 60.7 Å². The van der Waals surface area contributed by atoms with E-state index in [-0.39, 0.29) is 28.0 Å². The van der Waals surface area contributed by atoms with Crippen LogP contribution in [0, 0.1) is 40.4 Å². The van der Waals surface area contributed by atoms with Gasteiger partial charge in [-0.05, 0) is 89.2 Å². The van der Waals surface area contributed by atoms with Crippen LogP contribution in [0.15, 0.2) is 91.0 Å². The molecule has 0 amide bonds. The summed E-state index contributed by atoms with van der Waals surface area (Å²) in [6.07, 6.45) is -0.567. The van der Waals surface area contributed by atoms with Crippen molar-refractivity contribution in [2.45, 2.75) is 38.7 Å². The summed E-state index contributed by atoms with van der Waals surface area (Å²) in [5.74, 6) is -5.12. The van der Waals surface area contributed by atoms with Gasteiger partial charge in [-0.3, -0.25) is 0 Å². The monoisotopic (exact) mass is 633 g/mol. The molecular formula is C37H26F7NO. The van der Waals surface area contributed by atoms with Crippen molar-refractivity contribution in [1.29, 1.82) is 5.26 Å². The Morgan fingerprint density at radius 2 is 1.17 bits per heavy atom. The van der Waals surface area contributed by atoms with Gasteiger partial charge in [-0.25, -0.2) is 22.0 Å². The zero-order chi connectivity index (χ0) is 33.0. The minimum Gasteiger partial charge on any atom is -0.429 e. The fourth-order valence-corrected chi connectivity index (χ4v) is 5.13. The summed E-state index contributed by atoms with van der Waals surface area (Å²) in [5, 5.41) is 8.84. The Hall–Kier alpha value is -5.10. The Kier molecular flexibility index (Phi) is 9.47. The first-order chi connectivity index (χ1) is 22.0. The lowest BCUT2D eigenvalue weighted by atomic mass is 9.96. The fourth-order valence-electron chi connectivity index (χ4n) is 5.13. The summed E-state index contributed by atoms with van der Waals surface area (Å²) in [6.45, 7) is 2.03. The molecule has 0 saturated carbocycles. The van der Waals surface area contributed by atoms with Crippen molar-refractivity contribution >= 4 is 0 Å². The molecule has 9 heteroatoms. The molecule has 0 aliphatic carbocycles. The van der Waals surface area contributed by atoms with Gasteiger partial charge in [0.15, 0.2) is 0 Å². The summed E-state index contributed by atoms with van der Waals surface area (Å²) in [6, 6.07) is 19.9. The van der Waals surface area contributed by atoms with Crippen LogP contribution in [0.1, 0.15) is 42.9 Å². The van der Waals surface area contributed by atoms with Crippen LogP contribution in [-0.2, 0) is 12.5 Å². The van der Waals surface area contributed by atoms with Crippen molar-refractivity contribution < 1.29 is 35.5 Å². The van der Waals surface area contributed by atoms with Crippen LogP contribution < -0.4 is 4.74 Å². The van der Waals surface area contributed by atoms with Crippen LogP contribution >= 0.6 is 0 Å². The van der Waals surface area contributed by atoms with Crippen molar-refractivity contribution in [2.24, 2.45) is 0 Å². The molecular weight excluding hydrogens is 607 g/mol. The Balaban J connectivity index is 1.31. The van der Waals surface area contributed by atoms with E-state index in [1.54, 1.807) is 6.07 Å². The second-order valence-corrected chi connectivity index (χ2v) is 10.7. The van der Waals surface area contributed by atoms with Crippen LogP contribution in [0.25, 0.3) is 33.4 Å². The highest BCUT2D eigenvalue weighted by Crippen LogP contribution is 2.36. The highest BCUT2D eigenvalue weighted by molar-refractivity contribution is 5.74. The zero-order valence-corrected chi connectivity index (χ0v) is 24.5. The molecule has 0 bridgehead atoms. The molecule has 234 valence electrons. The van der Waals surface area contributed by atoms with Gasteiger partial charge in [-0.1, -0.05) is 62.2 Å².